The lowest BCUT2D eigenvalue weighted by atomic mass is 10.0. The molecule has 0 atom stereocenters. The highest BCUT2D eigenvalue weighted by Gasteiger charge is 2.28. The van der Waals surface area contributed by atoms with E-state index in [0.717, 1.165) is 49.6 Å². The first-order chi connectivity index (χ1) is 16.5. The van der Waals surface area contributed by atoms with Gasteiger partial charge in [-0.2, -0.15) is 0 Å². The minimum Gasteiger partial charge on any atom is -0.384 e. The number of rotatable bonds is 10. The molecule has 1 aliphatic rings. The van der Waals surface area contributed by atoms with Crippen molar-refractivity contribution in [3.63, 3.8) is 0 Å². The summed E-state index contributed by atoms with van der Waals surface area (Å²) >= 11 is 1.70. The van der Waals surface area contributed by atoms with Crippen molar-refractivity contribution < 1.29 is 13.2 Å². The number of nitrogens with zero attached hydrogens (tertiary/aromatic N) is 1. The quantitative estimate of drug-likeness (QED) is 0.349. The molecule has 0 radical (unpaired) electrons. The van der Waals surface area contributed by atoms with E-state index in [1.165, 1.54) is 5.56 Å². The summed E-state index contributed by atoms with van der Waals surface area (Å²) in [5.74, 6) is 0.770. The predicted octanol–water partition coefficient (Wildman–Crippen LogP) is 6.83. The summed E-state index contributed by atoms with van der Waals surface area (Å²) < 4.78 is 34.9. The van der Waals surface area contributed by atoms with Gasteiger partial charge in [0, 0.05) is 41.6 Å². The van der Waals surface area contributed by atoms with Crippen molar-refractivity contribution in [2.24, 2.45) is 11.8 Å². The Labute approximate surface area is 217 Å². The molecule has 0 aliphatic carbocycles. The number of anilines is 2. The van der Waals surface area contributed by atoms with Crippen LogP contribution < -0.4 is 9.62 Å². The van der Waals surface area contributed by atoms with Crippen molar-refractivity contribution in [1.82, 2.24) is 0 Å². The Morgan fingerprint density at radius 1 is 1.09 bits per heavy atom. The van der Waals surface area contributed by atoms with Crippen LogP contribution in [0.4, 0.5) is 11.4 Å². The Hall–Kier alpha value is -1.70. The molecular weight excluding hydrogens is 476 g/mol. The van der Waals surface area contributed by atoms with Gasteiger partial charge >= 0.3 is 0 Å². The molecule has 35 heavy (non-hydrogen) atoms. The van der Waals surface area contributed by atoms with Crippen molar-refractivity contribution in [3.05, 3.63) is 48.0 Å². The van der Waals surface area contributed by atoms with Gasteiger partial charge in [0.1, 0.15) is 0 Å². The predicted molar refractivity (Wildman–Crippen MR) is 149 cm³/mol. The van der Waals surface area contributed by atoms with E-state index in [-0.39, 0.29) is 10.7 Å². The Morgan fingerprint density at radius 3 is 2.31 bits per heavy atom. The molecule has 1 fully saturated rings. The summed E-state index contributed by atoms with van der Waals surface area (Å²) in [4.78, 5) is 1.30. The molecule has 5 nitrogen and oxygen atoms in total. The van der Waals surface area contributed by atoms with Gasteiger partial charge in [0.15, 0.2) is 0 Å². The highest BCUT2D eigenvalue weighted by Crippen LogP contribution is 2.39. The lowest BCUT2D eigenvalue weighted by Crippen LogP contribution is -2.34. The topological polar surface area (TPSA) is 58.6 Å². The molecule has 1 N–H and O–H groups in total. The second-order valence-electron chi connectivity index (χ2n) is 10.8. The van der Waals surface area contributed by atoms with Crippen LogP contribution in [0.1, 0.15) is 59.9 Å². The summed E-state index contributed by atoms with van der Waals surface area (Å²) in [5.41, 5.74) is 2.90. The Kier molecular flexibility index (Phi) is 9.58. The number of ether oxygens (including phenoxy) is 1. The highest BCUT2D eigenvalue weighted by molar-refractivity contribution is 8.00. The van der Waals surface area contributed by atoms with Gasteiger partial charge in [0.05, 0.1) is 10.6 Å². The fraction of sp³-hybridized carbons (Fsp3) is 0.571. The maximum Gasteiger partial charge on any atom is 0.264 e. The second kappa shape index (κ2) is 12.0. The fourth-order valence-corrected chi connectivity index (χ4v) is 6.95. The maximum atomic E-state index is 13.9. The average molecular weight is 519 g/mol. The summed E-state index contributed by atoms with van der Waals surface area (Å²) in [6, 6.07) is 13.4. The lowest BCUT2D eigenvalue weighted by molar-refractivity contribution is 0.0699. The molecule has 0 saturated carbocycles. The number of nitrogens with one attached hydrogen (secondary N) is 1. The number of hydrogen-bond donors (Lipinski definition) is 1. The second-order valence-corrected chi connectivity index (χ2v) is 14.5. The van der Waals surface area contributed by atoms with Crippen LogP contribution in [-0.4, -0.2) is 39.5 Å². The van der Waals surface area contributed by atoms with E-state index in [9.17, 15) is 8.42 Å². The summed E-state index contributed by atoms with van der Waals surface area (Å²) in [7, 11) is -3.72. The zero-order valence-electron chi connectivity index (χ0n) is 22.1. The van der Waals surface area contributed by atoms with E-state index >= 15 is 0 Å². The number of hydrogen-bond acceptors (Lipinski definition) is 5. The standard InChI is InChI=1S/C28H42N2O3S2/c1-7-22-8-10-24(11-9-22)30(20-21(2)3)35(31,32)25-12-13-26(27(18-25)34-28(4,5)6)29-19-23-14-16-33-17-15-23/h8-13,18,21,23,29H,7,14-17,19-20H2,1-6H3. The summed E-state index contributed by atoms with van der Waals surface area (Å²) in [6.07, 6.45) is 3.04. The maximum absolute atomic E-state index is 13.9. The Bertz CT molecular complexity index is 1050. The zero-order valence-corrected chi connectivity index (χ0v) is 23.8. The largest absolute Gasteiger partial charge is 0.384 e. The monoisotopic (exact) mass is 518 g/mol. The molecule has 2 aromatic rings. The fourth-order valence-electron chi connectivity index (χ4n) is 4.13. The van der Waals surface area contributed by atoms with Crippen LogP contribution in [0, 0.1) is 11.8 Å². The van der Waals surface area contributed by atoms with Gasteiger partial charge in [0.2, 0.25) is 0 Å². The van der Waals surface area contributed by atoms with Crippen LogP contribution in [0.5, 0.6) is 0 Å². The van der Waals surface area contributed by atoms with Crippen LogP contribution in [-0.2, 0) is 21.2 Å². The smallest absolute Gasteiger partial charge is 0.264 e. The average Bonchev–Trinajstić information content (AvgIpc) is 2.81. The molecule has 194 valence electrons. The molecule has 1 saturated heterocycles. The molecule has 3 rings (SSSR count). The van der Waals surface area contributed by atoms with Gasteiger partial charge < -0.3 is 10.1 Å². The van der Waals surface area contributed by atoms with Crippen molar-refractivity contribution in [1.29, 1.82) is 0 Å². The minimum absolute atomic E-state index is 0.0505. The molecule has 7 heteroatoms. The number of aryl methyl sites for hydroxylation is 1. The minimum atomic E-state index is -3.72. The van der Waals surface area contributed by atoms with Gasteiger partial charge in [-0.3, -0.25) is 4.31 Å². The van der Waals surface area contributed by atoms with Crippen LogP contribution >= 0.6 is 11.8 Å². The van der Waals surface area contributed by atoms with Crippen molar-refractivity contribution in [2.45, 2.75) is 75.3 Å². The first-order valence-electron chi connectivity index (χ1n) is 12.8. The molecule has 0 bridgehead atoms. The van der Waals surface area contributed by atoms with E-state index in [0.29, 0.717) is 23.0 Å². The number of sulfonamides is 1. The Morgan fingerprint density at radius 2 is 1.74 bits per heavy atom. The SMILES string of the molecule is CCc1ccc(N(CC(C)C)S(=O)(=O)c2ccc(NCC3CCOCC3)c(SC(C)(C)C)c2)cc1. The van der Waals surface area contributed by atoms with Crippen LogP contribution in [0.3, 0.4) is 0 Å². The normalized spacial score (nSPS) is 15.4. The third-order valence-corrected chi connectivity index (χ3v) is 9.00. The third kappa shape index (κ3) is 7.89. The number of thioether (sulfide) groups is 1. The van der Waals surface area contributed by atoms with E-state index < -0.39 is 10.0 Å². The van der Waals surface area contributed by atoms with E-state index in [2.05, 4.69) is 33.0 Å². The first kappa shape index (κ1) is 27.9. The molecule has 1 heterocycles. The van der Waals surface area contributed by atoms with E-state index in [4.69, 9.17) is 4.74 Å². The van der Waals surface area contributed by atoms with Gasteiger partial charge in [-0.15, -0.1) is 11.8 Å². The van der Waals surface area contributed by atoms with E-state index in [1.807, 2.05) is 50.2 Å². The molecule has 0 unspecified atom stereocenters. The third-order valence-electron chi connectivity index (χ3n) is 6.04. The lowest BCUT2D eigenvalue weighted by Gasteiger charge is -2.28. The zero-order chi connectivity index (χ0) is 25.6. The molecule has 2 aromatic carbocycles. The van der Waals surface area contributed by atoms with Crippen molar-refractivity contribution in [2.75, 3.05) is 35.9 Å². The van der Waals surface area contributed by atoms with Gasteiger partial charge in [-0.1, -0.05) is 53.7 Å². The molecule has 0 aromatic heterocycles. The van der Waals surface area contributed by atoms with Gasteiger partial charge in [-0.05, 0) is 67.0 Å². The van der Waals surface area contributed by atoms with Crippen molar-refractivity contribution >= 4 is 33.2 Å². The molecular formula is C28H42N2O3S2. The van der Waals surface area contributed by atoms with Crippen LogP contribution in [0.15, 0.2) is 52.3 Å². The summed E-state index contributed by atoms with van der Waals surface area (Å²) in [6.45, 7) is 15.6. The van der Waals surface area contributed by atoms with Gasteiger partial charge in [0.25, 0.3) is 10.0 Å². The van der Waals surface area contributed by atoms with Crippen LogP contribution in [0.25, 0.3) is 0 Å². The molecule has 0 spiro atoms. The Balaban J connectivity index is 1.95. The van der Waals surface area contributed by atoms with Gasteiger partial charge in [-0.25, -0.2) is 8.42 Å². The molecule has 1 aliphatic heterocycles. The highest BCUT2D eigenvalue weighted by atomic mass is 32.2. The van der Waals surface area contributed by atoms with Crippen LogP contribution in [0.2, 0.25) is 0 Å². The first-order valence-corrected chi connectivity index (χ1v) is 15.0. The summed E-state index contributed by atoms with van der Waals surface area (Å²) in [5, 5.41) is 3.61. The molecule has 0 amide bonds. The van der Waals surface area contributed by atoms with Crippen molar-refractivity contribution in [3.8, 4) is 0 Å². The number of benzene rings is 2. The van der Waals surface area contributed by atoms with E-state index in [1.54, 1.807) is 22.1 Å².